The van der Waals surface area contributed by atoms with E-state index in [9.17, 15) is 4.79 Å². The van der Waals surface area contributed by atoms with Gasteiger partial charge in [-0.15, -0.1) is 20.4 Å². The van der Waals surface area contributed by atoms with Crippen molar-refractivity contribution in [2.75, 3.05) is 5.32 Å². The third-order valence-electron chi connectivity index (χ3n) is 4.10. The van der Waals surface area contributed by atoms with Crippen molar-refractivity contribution in [1.82, 2.24) is 30.4 Å². The van der Waals surface area contributed by atoms with Crippen molar-refractivity contribution in [2.45, 2.75) is 38.1 Å². The quantitative estimate of drug-likeness (QED) is 0.694. The van der Waals surface area contributed by atoms with Crippen LogP contribution in [0.15, 0.2) is 24.3 Å². The Labute approximate surface area is 158 Å². The van der Waals surface area contributed by atoms with Gasteiger partial charge in [0.15, 0.2) is 6.04 Å². The smallest absolute Gasteiger partial charge is 0.253 e. The van der Waals surface area contributed by atoms with Crippen LogP contribution < -0.4 is 5.32 Å². The van der Waals surface area contributed by atoms with Crippen LogP contribution in [-0.4, -0.2) is 36.3 Å². The minimum Gasteiger partial charge on any atom is -0.299 e. The van der Waals surface area contributed by atoms with Crippen LogP contribution in [0.4, 0.5) is 5.13 Å². The van der Waals surface area contributed by atoms with Crippen molar-refractivity contribution in [3.63, 3.8) is 0 Å². The zero-order chi connectivity index (χ0) is 18.1. The standard InChI is InChI=1S/C16H16ClN7OS/c1-2-12(14(25)18-16-21-20-15(26-16)10-3-4-10)24-22-13(19-23-24)9-5-7-11(17)8-6-9/h5-8,10,12H,2-4H2,1H3,(H,18,21,25). The number of carbonyl (C=O) groups is 1. The highest BCUT2D eigenvalue weighted by molar-refractivity contribution is 7.15. The number of amides is 1. The summed E-state index contributed by atoms with van der Waals surface area (Å²) < 4.78 is 0. The summed E-state index contributed by atoms with van der Waals surface area (Å²) in [6.07, 6.45) is 2.82. The zero-order valence-electron chi connectivity index (χ0n) is 14.0. The molecule has 8 nitrogen and oxygen atoms in total. The van der Waals surface area contributed by atoms with Crippen LogP contribution in [-0.2, 0) is 4.79 Å². The number of anilines is 1. The van der Waals surface area contributed by atoms with E-state index in [-0.39, 0.29) is 5.91 Å². The molecule has 0 bridgehead atoms. The number of hydrogen-bond donors (Lipinski definition) is 1. The van der Waals surface area contributed by atoms with E-state index >= 15 is 0 Å². The molecule has 2 heterocycles. The first-order valence-corrected chi connectivity index (χ1v) is 9.53. The van der Waals surface area contributed by atoms with Crippen LogP contribution in [0.1, 0.15) is 43.2 Å². The molecular weight excluding hydrogens is 374 g/mol. The summed E-state index contributed by atoms with van der Waals surface area (Å²) in [5.74, 6) is 0.727. The van der Waals surface area contributed by atoms with Crippen LogP contribution in [0.5, 0.6) is 0 Å². The maximum absolute atomic E-state index is 12.6. The highest BCUT2D eigenvalue weighted by Gasteiger charge is 2.29. The molecule has 134 valence electrons. The summed E-state index contributed by atoms with van der Waals surface area (Å²) in [5, 5.41) is 25.5. The molecule has 0 saturated heterocycles. The molecule has 1 aliphatic rings. The molecule has 1 atom stereocenters. The summed E-state index contributed by atoms with van der Waals surface area (Å²) in [6, 6.07) is 6.57. The Morgan fingerprint density at radius 2 is 2.08 bits per heavy atom. The third kappa shape index (κ3) is 3.58. The monoisotopic (exact) mass is 389 g/mol. The Morgan fingerprint density at radius 3 is 2.77 bits per heavy atom. The van der Waals surface area contributed by atoms with E-state index in [0.29, 0.717) is 28.3 Å². The average Bonchev–Trinajstić information content (AvgIpc) is 3.19. The second-order valence-electron chi connectivity index (χ2n) is 6.07. The van der Waals surface area contributed by atoms with Crippen molar-refractivity contribution in [3.8, 4) is 11.4 Å². The molecule has 0 radical (unpaired) electrons. The van der Waals surface area contributed by atoms with Crippen LogP contribution in [0, 0.1) is 0 Å². The predicted molar refractivity (Wildman–Crippen MR) is 98.1 cm³/mol. The van der Waals surface area contributed by atoms with Crippen LogP contribution >= 0.6 is 22.9 Å². The Hall–Kier alpha value is -2.39. The molecule has 0 aliphatic heterocycles. The van der Waals surface area contributed by atoms with Gasteiger partial charge >= 0.3 is 0 Å². The fourth-order valence-electron chi connectivity index (χ4n) is 2.49. The van der Waals surface area contributed by atoms with Gasteiger partial charge in [-0.2, -0.15) is 4.80 Å². The van der Waals surface area contributed by atoms with Crippen molar-refractivity contribution in [3.05, 3.63) is 34.3 Å². The summed E-state index contributed by atoms with van der Waals surface area (Å²) in [4.78, 5) is 13.9. The first-order chi connectivity index (χ1) is 12.6. The SMILES string of the molecule is CCC(C(=O)Nc1nnc(C2CC2)s1)n1nnc(-c2ccc(Cl)cc2)n1. The van der Waals surface area contributed by atoms with Crippen LogP contribution in [0.3, 0.4) is 0 Å². The number of hydrogen-bond acceptors (Lipinski definition) is 7. The Kier molecular flexibility index (Phi) is 4.64. The van der Waals surface area contributed by atoms with Crippen molar-refractivity contribution in [1.29, 1.82) is 0 Å². The molecule has 1 unspecified atom stereocenters. The topological polar surface area (TPSA) is 98.5 Å². The summed E-state index contributed by atoms with van der Waals surface area (Å²) >= 11 is 7.32. The van der Waals surface area contributed by atoms with E-state index < -0.39 is 6.04 Å². The van der Waals surface area contributed by atoms with Gasteiger partial charge in [-0.3, -0.25) is 10.1 Å². The van der Waals surface area contributed by atoms with Crippen LogP contribution in [0.2, 0.25) is 5.02 Å². The molecule has 1 aromatic carbocycles. The zero-order valence-corrected chi connectivity index (χ0v) is 15.5. The molecule has 1 fully saturated rings. The molecule has 1 aliphatic carbocycles. The minimum atomic E-state index is -0.572. The lowest BCUT2D eigenvalue weighted by Crippen LogP contribution is -2.27. The van der Waals surface area contributed by atoms with Gasteiger partial charge in [-0.05, 0) is 48.7 Å². The summed E-state index contributed by atoms with van der Waals surface area (Å²) in [5.41, 5.74) is 0.786. The van der Waals surface area contributed by atoms with Crippen molar-refractivity contribution < 1.29 is 4.79 Å². The molecule has 26 heavy (non-hydrogen) atoms. The fraction of sp³-hybridized carbons (Fsp3) is 0.375. The molecule has 1 saturated carbocycles. The van der Waals surface area contributed by atoms with E-state index in [1.165, 1.54) is 16.1 Å². The van der Waals surface area contributed by atoms with E-state index in [1.807, 2.05) is 19.1 Å². The van der Waals surface area contributed by atoms with Gasteiger partial charge in [0.25, 0.3) is 5.91 Å². The summed E-state index contributed by atoms with van der Waals surface area (Å²) in [7, 11) is 0. The number of carbonyl (C=O) groups excluding carboxylic acids is 1. The van der Waals surface area contributed by atoms with Gasteiger partial charge in [-0.1, -0.05) is 29.9 Å². The number of nitrogens with zero attached hydrogens (tertiary/aromatic N) is 6. The number of tetrazole rings is 1. The molecule has 1 N–H and O–H groups in total. The molecule has 2 aromatic heterocycles. The molecule has 4 rings (SSSR count). The van der Waals surface area contributed by atoms with E-state index in [0.717, 1.165) is 23.4 Å². The number of nitrogens with one attached hydrogen (secondary N) is 1. The molecule has 0 spiro atoms. The molecular formula is C16H16ClN7OS. The third-order valence-corrected chi connectivity index (χ3v) is 5.35. The lowest BCUT2D eigenvalue weighted by Gasteiger charge is -2.11. The van der Waals surface area contributed by atoms with Gasteiger partial charge < -0.3 is 0 Å². The maximum atomic E-state index is 12.6. The van der Waals surface area contributed by atoms with E-state index in [2.05, 4.69) is 30.9 Å². The van der Waals surface area contributed by atoms with Crippen molar-refractivity contribution in [2.24, 2.45) is 0 Å². The maximum Gasteiger partial charge on any atom is 0.253 e. The van der Waals surface area contributed by atoms with Gasteiger partial charge in [0.1, 0.15) is 5.01 Å². The Balaban J connectivity index is 1.49. The van der Waals surface area contributed by atoms with E-state index in [4.69, 9.17) is 11.6 Å². The Bertz CT molecular complexity index is 919. The van der Waals surface area contributed by atoms with E-state index in [1.54, 1.807) is 12.1 Å². The normalized spacial score (nSPS) is 15.0. The lowest BCUT2D eigenvalue weighted by molar-refractivity contribution is -0.120. The number of halogens is 1. The number of rotatable bonds is 6. The summed E-state index contributed by atoms with van der Waals surface area (Å²) in [6.45, 7) is 1.89. The molecule has 3 aromatic rings. The average molecular weight is 390 g/mol. The lowest BCUT2D eigenvalue weighted by atomic mass is 10.2. The van der Waals surface area contributed by atoms with Gasteiger partial charge in [-0.25, -0.2) is 0 Å². The fourth-order valence-corrected chi connectivity index (χ4v) is 3.54. The number of benzene rings is 1. The van der Waals surface area contributed by atoms with Crippen molar-refractivity contribution >= 4 is 34.0 Å². The van der Waals surface area contributed by atoms with Crippen LogP contribution in [0.25, 0.3) is 11.4 Å². The highest BCUT2D eigenvalue weighted by atomic mass is 35.5. The first kappa shape index (κ1) is 17.0. The van der Waals surface area contributed by atoms with Gasteiger partial charge in [0.2, 0.25) is 11.0 Å². The first-order valence-electron chi connectivity index (χ1n) is 8.33. The number of aromatic nitrogens is 6. The second kappa shape index (κ2) is 7.08. The second-order valence-corrected chi connectivity index (χ2v) is 7.52. The van der Waals surface area contributed by atoms with Gasteiger partial charge in [0.05, 0.1) is 0 Å². The minimum absolute atomic E-state index is 0.231. The Morgan fingerprint density at radius 1 is 1.31 bits per heavy atom. The van der Waals surface area contributed by atoms with Gasteiger partial charge in [0, 0.05) is 16.5 Å². The molecule has 1 amide bonds. The largest absolute Gasteiger partial charge is 0.299 e. The predicted octanol–water partition coefficient (Wildman–Crippen LogP) is 3.31. The molecule has 10 heteroatoms. The highest BCUT2D eigenvalue weighted by Crippen LogP contribution is 2.42.